The largest absolute Gasteiger partial charge is 0.454 e. The number of benzene rings is 1. The van der Waals surface area contributed by atoms with Crippen LogP contribution in [0, 0.1) is 0 Å². The van der Waals surface area contributed by atoms with Gasteiger partial charge in [-0.2, -0.15) is 5.10 Å². The van der Waals surface area contributed by atoms with Crippen molar-refractivity contribution in [2.75, 3.05) is 19.9 Å². The molecule has 7 nitrogen and oxygen atoms in total. The fourth-order valence-electron chi connectivity index (χ4n) is 3.44. The second-order valence-corrected chi connectivity index (χ2v) is 6.27. The summed E-state index contributed by atoms with van der Waals surface area (Å²) in [5.74, 6) is 2.69. The van der Waals surface area contributed by atoms with Gasteiger partial charge in [-0.15, -0.1) is 0 Å². The molecule has 1 saturated heterocycles. The third-order valence-electron chi connectivity index (χ3n) is 4.70. The van der Waals surface area contributed by atoms with Crippen LogP contribution in [0.25, 0.3) is 0 Å². The molecule has 24 heavy (non-hydrogen) atoms. The zero-order valence-electron chi connectivity index (χ0n) is 13.8. The van der Waals surface area contributed by atoms with Gasteiger partial charge in [0.15, 0.2) is 11.5 Å². The lowest BCUT2D eigenvalue weighted by atomic mass is 9.99. The van der Waals surface area contributed by atoms with Gasteiger partial charge in [-0.05, 0) is 44.0 Å². The lowest BCUT2D eigenvalue weighted by Gasteiger charge is -2.21. The first kappa shape index (κ1) is 15.3. The van der Waals surface area contributed by atoms with Crippen molar-refractivity contribution in [1.29, 1.82) is 0 Å². The van der Waals surface area contributed by atoms with Crippen molar-refractivity contribution in [2.24, 2.45) is 0 Å². The number of rotatable bonds is 4. The van der Waals surface area contributed by atoms with Gasteiger partial charge in [-0.1, -0.05) is 6.07 Å². The summed E-state index contributed by atoms with van der Waals surface area (Å²) >= 11 is 0. The zero-order chi connectivity index (χ0) is 16.5. The molecule has 2 aromatic rings. The topological polar surface area (TPSA) is 70.3 Å². The highest BCUT2D eigenvalue weighted by atomic mass is 16.7. The van der Waals surface area contributed by atoms with E-state index in [1.54, 1.807) is 9.25 Å². The molecule has 0 saturated carbocycles. The fourth-order valence-corrected chi connectivity index (χ4v) is 3.44. The summed E-state index contributed by atoms with van der Waals surface area (Å²) in [7, 11) is 0. The van der Waals surface area contributed by atoms with Crippen LogP contribution in [-0.4, -0.2) is 34.2 Å². The van der Waals surface area contributed by atoms with E-state index in [-0.39, 0.29) is 12.5 Å². The number of nitrogens with zero attached hydrogens (tertiary/aromatic N) is 3. The summed E-state index contributed by atoms with van der Waals surface area (Å²) in [5, 5.41) is 8.04. The van der Waals surface area contributed by atoms with E-state index in [0.29, 0.717) is 19.0 Å². The summed E-state index contributed by atoms with van der Waals surface area (Å²) in [6, 6.07) is 5.75. The molecule has 0 aliphatic carbocycles. The van der Waals surface area contributed by atoms with E-state index in [0.717, 1.165) is 48.8 Å². The first-order chi connectivity index (χ1) is 11.8. The Morgan fingerprint density at radius 2 is 2.21 bits per heavy atom. The van der Waals surface area contributed by atoms with Crippen LogP contribution in [0.1, 0.15) is 37.1 Å². The lowest BCUT2D eigenvalue weighted by Crippen LogP contribution is -2.31. The molecule has 3 heterocycles. The molecule has 1 atom stereocenters. The molecule has 0 spiro atoms. The number of nitrogens with one attached hydrogen (secondary N) is 1. The Balaban J connectivity index is 1.63. The molecule has 0 amide bonds. The van der Waals surface area contributed by atoms with Crippen molar-refractivity contribution in [1.82, 2.24) is 19.7 Å². The first-order valence-electron chi connectivity index (χ1n) is 8.53. The maximum absolute atomic E-state index is 12.7. The number of piperidine rings is 1. The zero-order valence-corrected chi connectivity index (χ0v) is 13.8. The van der Waals surface area contributed by atoms with Crippen molar-refractivity contribution in [3.05, 3.63) is 40.1 Å². The molecule has 0 radical (unpaired) electrons. The molecule has 0 bridgehead atoms. The SMILES string of the molecule is CCn1c([C@H]2CCCNC2)nn(Cc2ccc3c(c2)OCO3)c1=O. The van der Waals surface area contributed by atoms with Gasteiger partial charge in [-0.25, -0.2) is 9.48 Å². The molecule has 7 heteroatoms. The molecule has 1 aromatic carbocycles. The van der Waals surface area contributed by atoms with Crippen LogP contribution in [0.2, 0.25) is 0 Å². The summed E-state index contributed by atoms with van der Waals surface area (Å²) in [5.41, 5.74) is 0.936. The smallest absolute Gasteiger partial charge is 0.346 e. The highest BCUT2D eigenvalue weighted by molar-refractivity contribution is 5.44. The Hall–Kier alpha value is -2.28. The molecule has 0 unspecified atom stereocenters. The maximum atomic E-state index is 12.7. The second kappa shape index (κ2) is 6.32. The van der Waals surface area contributed by atoms with Crippen molar-refractivity contribution in [2.45, 2.75) is 38.8 Å². The minimum atomic E-state index is -0.0456. The molecule has 2 aliphatic heterocycles. The predicted octanol–water partition coefficient (Wildman–Crippen LogP) is 1.31. The van der Waals surface area contributed by atoms with E-state index < -0.39 is 0 Å². The Bertz CT molecular complexity index is 790. The van der Waals surface area contributed by atoms with E-state index in [2.05, 4.69) is 10.4 Å². The fraction of sp³-hybridized carbons (Fsp3) is 0.529. The van der Waals surface area contributed by atoms with Gasteiger partial charge < -0.3 is 14.8 Å². The summed E-state index contributed by atoms with van der Waals surface area (Å²) in [6.45, 7) is 5.27. The standard InChI is InChI=1S/C17H22N4O3/c1-2-20-16(13-4-3-7-18-9-13)19-21(17(20)22)10-12-5-6-14-15(8-12)24-11-23-14/h5-6,8,13,18H,2-4,7,9-11H2,1H3/t13-/m0/s1. The number of fused-ring (bicyclic) bond motifs is 1. The molecule has 4 rings (SSSR count). The van der Waals surface area contributed by atoms with Gasteiger partial charge in [0, 0.05) is 19.0 Å². The minimum absolute atomic E-state index is 0.0456. The van der Waals surface area contributed by atoms with Crippen LogP contribution in [0.4, 0.5) is 0 Å². The normalized spacial score (nSPS) is 19.6. The van der Waals surface area contributed by atoms with Gasteiger partial charge in [0.25, 0.3) is 0 Å². The van der Waals surface area contributed by atoms with Gasteiger partial charge in [0.1, 0.15) is 5.82 Å². The number of hydrogen-bond donors (Lipinski definition) is 1. The molecule has 2 aliphatic rings. The van der Waals surface area contributed by atoms with E-state index in [1.807, 2.05) is 25.1 Å². The van der Waals surface area contributed by atoms with Crippen molar-refractivity contribution in [3.63, 3.8) is 0 Å². The average Bonchev–Trinajstić information content (AvgIpc) is 3.20. The Morgan fingerprint density at radius 1 is 1.33 bits per heavy atom. The molecular formula is C17H22N4O3. The van der Waals surface area contributed by atoms with Crippen LogP contribution >= 0.6 is 0 Å². The molecule has 128 valence electrons. The van der Waals surface area contributed by atoms with Crippen molar-refractivity contribution >= 4 is 0 Å². The monoisotopic (exact) mass is 330 g/mol. The highest BCUT2D eigenvalue weighted by Gasteiger charge is 2.23. The van der Waals surface area contributed by atoms with Gasteiger partial charge in [-0.3, -0.25) is 4.57 Å². The molecule has 1 aromatic heterocycles. The number of aromatic nitrogens is 3. The maximum Gasteiger partial charge on any atom is 0.346 e. The van der Waals surface area contributed by atoms with Gasteiger partial charge in [0.05, 0.1) is 6.54 Å². The second-order valence-electron chi connectivity index (χ2n) is 6.27. The van der Waals surface area contributed by atoms with E-state index >= 15 is 0 Å². The molecule has 1 N–H and O–H groups in total. The highest BCUT2D eigenvalue weighted by Crippen LogP contribution is 2.32. The van der Waals surface area contributed by atoms with Crippen LogP contribution < -0.4 is 20.5 Å². The predicted molar refractivity (Wildman–Crippen MR) is 88.7 cm³/mol. The van der Waals surface area contributed by atoms with Gasteiger partial charge >= 0.3 is 5.69 Å². The summed E-state index contributed by atoms with van der Waals surface area (Å²) < 4.78 is 14.1. The van der Waals surface area contributed by atoms with Crippen LogP contribution in [0.5, 0.6) is 11.5 Å². The van der Waals surface area contributed by atoms with Gasteiger partial charge in [0.2, 0.25) is 6.79 Å². The molecule has 1 fully saturated rings. The Labute approximate surface area is 140 Å². The summed E-state index contributed by atoms with van der Waals surface area (Å²) in [6.07, 6.45) is 2.20. The van der Waals surface area contributed by atoms with Crippen LogP contribution in [-0.2, 0) is 13.1 Å². The van der Waals surface area contributed by atoms with E-state index in [4.69, 9.17) is 9.47 Å². The van der Waals surface area contributed by atoms with Crippen molar-refractivity contribution < 1.29 is 9.47 Å². The Kier molecular flexibility index (Phi) is 4.02. The lowest BCUT2D eigenvalue weighted by molar-refractivity contribution is 0.174. The quantitative estimate of drug-likeness (QED) is 0.915. The van der Waals surface area contributed by atoms with E-state index in [9.17, 15) is 4.79 Å². The Morgan fingerprint density at radius 3 is 3.00 bits per heavy atom. The van der Waals surface area contributed by atoms with E-state index in [1.165, 1.54) is 0 Å². The third kappa shape index (κ3) is 2.69. The summed E-state index contributed by atoms with van der Waals surface area (Å²) in [4.78, 5) is 12.7. The minimum Gasteiger partial charge on any atom is -0.454 e. The van der Waals surface area contributed by atoms with Crippen LogP contribution in [0.3, 0.4) is 0 Å². The number of hydrogen-bond acceptors (Lipinski definition) is 5. The molecular weight excluding hydrogens is 308 g/mol. The average molecular weight is 330 g/mol. The van der Waals surface area contributed by atoms with Crippen molar-refractivity contribution in [3.8, 4) is 11.5 Å². The first-order valence-corrected chi connectivity index (χ1v) is 8.53. The third-order valence-corrected chi connectivity index (χ3v) is 4.70. The number of ether oxygens (including phenoxy) is 2. The van der Waals surface area contributed by atoms with Crippen LogP contribution in [0.15, 0.2) is 23.0 Å².